The Morgan fingerprint density at radius 2 is 1.79 bits per heavy atom. The number of hydrogen-bond acceptors (Lipinski definition) is 2. The van der Waals surface area contributed by atoms with E-state index in [2.05, 4.69) is 21.0 Å². The summed E-state index contributed by atoms with van der Waals surface area (Å²) in [6.45, 7) is 0. The van der Waals surface area contributed by atoms with Crippen molar-refractivity contribution in [2.75, 3.05) is 7.11 Å². The second-order valence-corrected chi connectivity index (χ2v) is 4.65. The molecule has 1 heterocycles. The van der Waals surface area contributed by atoms with E-state index in [0.29, 0.717) is 17.0 Å². The minimum Gasteiger partial charge on any atom is -0.497 e. The van der Waals surface area contributed by atoms with E-state index in [9.17, 15) is 13.2 Å². The number of benzene rings is 1. The third kappa shape index (κ3) is 2.60. The zero-order chi connectivity index (χ0) is 14.2. The maximum absolute atomic E-state index is 12.8. The quantitative estimate of drug-likeness (QED) is 0.833. The minimum absolute atomic E-state index is 0.0623. The largest absolute Gasteiger partial charge is 0.497 e. The molecule has 2 aromatic rings. The van der Waals surface area contributed by atoms with Crippen molar-refractivity contribution in [3.8, 4) is 17.0 Å². The summed E-state index contributed by atoms with van der Waals surface area (Å²) >= 11 is 2.98. The summed E-state index contributed by atoms with van der Waals surface area (Å²) in [5.74, 6) is 0.637. The summed E-state index contributed by atoms with van der Waals surface area (Å²) in [4.78, 5) is 0. The van der Waals surface area contributed by atoms with Crippen molar-refractivity contribution < 1.29 is 17.9 Å². The average Bonchev–Trinajstić information content (AvgIpc) is 2.65. The first-order valence-electron chi connectivity index (χ1n) is 5.28. The van der Waals surface area contributed by atoms with E-state index in [1.165, 1.54) is 18.8 Å². The number of methoxy groups -OCH3 is 1. The zero-order valence-corrected chi connectivity index (χ0v) is 11.7. The van der Waals surface area contributed by atoms with Crippen LogP contribution in [-0.4, -0.2) is 16.9 Å². The maximum Gasteiger partial charge on any atom is 0.436 e. The van der Waals surface area contributed by atoms with Gasteiger partial charge in [0.15, 0.2) is 5.69 Å². The molecule has 0 aliphatic carbocycles. The van der Waals surface area contributed by atoms with Crippen LogP contribution in [0.4, 0.5) is 13.2 Å². The van der Waals surface area contributed by atoms with Crippen LogP contribution in [0, 0.1) is 0 Å². The Labute approximate surface area is 116 Å². The Balaban J connectivity index is 2.53. The first-order chi connectivity index (χ1) is 8.84. The first kappa shape index (κ1) is 13.9. The van der Waals surface area contributed by atoms with Crippen LogP contribution in [0.2, 0.25) is 0 Å². The van der Waals surface area contributed by atoms with Gasteiger partial charge >= 0.3 is 6.18 Å². The molecule has 0 atom stereocenters. The van der Waals surface area contributed by atoms with Crippen LogP contribution in [0.3, 0.4) is 0 Å². The summed E-state index contributed by atoms with van der Waals surface area (Å²) in [6.07, 6.45) is -4.48. The molecule has 19 heavy (non-hydrogen) atoms. The molecule has 0 bridgehead atoms. The fourth-order valence-corrected chi connectivity index (χ4v) is 2.53. The molecular formula is C12H10BrF3N2O. The molecule has 0 aliphatic heterocycles. The van der Waals surface area contributed by atoms with Gasteiger partial charge in [-0.15, -0.1) is 0 Å². The Morgan fingerprint density at radius 1 is 1.21 bits per heavy atom. The van der Waals surface area contributed by atoms with E-state index in [4.69, 9.17) is 4.74 Å². The lowest BCUT2D eigenvalue weighted by molar-refractivity contribution is -0.142. The molecule has 0 radical (unpaired) electrons. The summed E-state index contributed by atoms with van der Waals surface area (Å²) in [5.41, 5.74) is 0.0639. The van der Waals surface area contributed by atoms with Crippen LogP contribution in [0.25, 0.3) is 11.3 Å². The highest BCUT2D eigenvalue weighted by atomic mass is 79.9. The lowest BCUT2D eigenvalue weighted by Crippen LogP contribution is -2.07. The molecule has 7 heteroatoms. The lowest BCUT2D eigenvalue weighted by Gasteiger charge is -2.05. The molecule has 3 nitrogen and oxygen atoms in total. The van der Waals surface area contributed by atoms with Crippen LogP contribution in [0.1, 0.15) is 5.69 Å². The smallest absolute Gasteiger partial charge is 0.436 e. The van der Waals surface area contributed by atoms with Crippen LogP contribution < -0.4 is 4.74 Å². The third-order valence-electron chi connectivity index (χ3n) is 2.62. The zero-order valence-electron chi connectivity index (χ0n) is 10.1. The maximum atomic E-state index is 12.8. The van der Waals surface area contributed by atoms with Crippen LogP contribution >= 0.6 is 15.9 Å². The van der Waals surface area contributed by atoms with Gasteiger partial charge in [-0.25, -0.2) is 0 Å². The molecule has 0 saturated carbocycles. The van der Waals surface area contributed by atoms with Gasteiger partial charge in [0.2, 0.25) is 0 Å². The third-order valence-corrected chi connectivity index (χ3v) is 3.37. The standard InChI is InChI=1S/C12H10BrF3N2O/c1-18-10(7-3-5-8(19-2)6-4-7)9(13)11(17-18)12(14,15)16/h3-6H,1-2H3. The molecule has 0 aliphatic rings. The van der Waals surface area contributed by atoms with Crippen molar-refractivity contribution in [2.24, 2.45) is 7.05 Å². The van der Waals surface area contributed by atoms with Gasteiger partial charge in [0.1, 0.15) is 5.75 Å². The first-order valence-corrected chi connectivity index (χ1v) is 6.08. The number of rotatable bonds is 2. The van der Waals surface area contributed by atoms with Gasteiger partial charge in [-0.1, -0.05) is 0 Å². The van der Waals surface area contributed by atoms with E-state index in [1.807, 2.05) is 0 Å². The Hall–Kier alpha value is -1.50. The van der Waals surface area contributed by atoms with Crippen molar-refractivity contribution >= 4 is 15.9 Å². The SMILES string of the molecule is COc1ccc(-c2c(Br)c(C(F)(F)F)nn2C)cc1. The van der Waals surface area contributed by atoms with Gasteiger partial charge in [0.05, 0.1) is 17.3 Å². The van der Waals surface area contributed by atoms with Crippen molar-refractivity contribution in [3.05, 3.63) is 34.4 Å². The summed E-state index contributed by atoms with van der Waals surface area (Å²) in [6, 6.07) is 6.73. The van der Waals surface area contributed by atoms with Gasteiger partial charge in [-0.2, -0.15) is 18.3 Å². The fraction of sp³-hybridized carbons (Fsp3) is 0.250. The predicted molar refractivity (Wildman–Crippen MR) is 67.9 cm³/mol. The average molecular weight is 335 g/mol. The van der Waals surface area contributed by atoms with Crippen molar-refractivity contribution in [1.29, 1.82) is 0 Å². The van der Waals surface area contributed by atoms with E-state index in [1.54, 1.807) is 24.3 Å². The molecule has 2 rings (SSSR count). The second kappa shape index (κ2) is 4.88. The number of aryl methyl sites for hydroxylation is 1. The van der Waals surface area contributed by atoms with Crippen molar-refractivity contribution in [1.82, 2.24) is 9.78 Å². The molecule has 0 saturated heterocycles. The highest BCUT2D eigenvalue weighted by Crippen LogP contribution is 2.39. The number of alkyl halides is 3. The predicted octanol–water partition coefficient (Wildman–Crippen LogP) is 3.88. The van der Waals surface area contributed by atoms with Gasteiger partial charge < -0.3 is 4.74 Å². The molecule has 1 aromatic carbocycles. The van der Waals surface area contributed by atoms with Gasteiger partial charge in [0, 0.05) is 12.6 Å². The van der Waals surface area contributed by atoms with Crippen molar-refractivity contribution in [2.45, 2.75) is 6.18 Å². The summed E-state index contributed by atoms with van der Waals surface area (Å²) in [5, 5.41) is 3.51. The normalized spacial score (nSPS) is 11.7. The summed E-state index contributed by atoms with van der Waals surface area (Å²) < 4.78 is 44.4. The van der Waals surface area contributed by atoms with E-state index in [0.717, 1.165) is 0 Å². The Bertz CT molecular complexity index is 590. The lowest BCUT2D eigenvalue weighted by atomic mass is 10.1. The number of hydrogen-bond donors (Lipinski definition) is 0. The highest BCUT2D eigenvalue weighted by molar-refractivity contribution is 9.10. The topological polar surface area (TPSA) is 27.1 Å². The van der Waals surface area contributed by atoms with E-state index >= 15 is 0 Å². The fourth-order valence-electron chi connectivity index (χ4n) is 1.74. The number of nitrogens with zero attached hydrogens (tertiary/aromatic N) is 2. The van der Waals surface area contributed by atoms with E-state index < -0.39 is 11.9 Å². The number of halogens is 4. The van der Waals surface area contributed by atoms with Crippen LogP contribution in [0.15, 0.2) is 28.7 Å². The number of ether oxygens (including phenoxy) is 1. The Morgan fingerprint density at radius 3 is 2.21 bits per heavy atom. The van der Waals surface area contributed by atoms with Gasteiger partial charge in [0.25, 0.3) is 0 Å². The Kier molecular flexibility index (Phi) is 3.58. The molecule has 0 amide bonds. The molecule has 1 aromatic heterocycles. The molecule has 0 N–H and O–H groups in total. The monoisotopic (exact) mass is 334 g/mol. The number of aromatic nitrogens is 2. The van der Waals surface area contributed by atoms with Crippen molar-refractivity contribution in [3.63, 3.8) is 0 Å². The molecule has 0 unspecified atom stereocenters. The summed E-state index contributed by atoms with van der Waals surface area (Å²) in [7, 11) is 3.00. The molecular weight excluding hydrogens is 325 g/mol. The van der Waals surface area contributed by atoms with E-state index in [-0.39, 0.29) is 4.47 Å². The molecule has 0 spiro atoms. The van der Waals surface area contributed by atoms with Crippen LogP contribution in [-0.2, 0) is 13.2 Å². The van der Waals surface area contributed by atoms with Crippen LogP contribution in [0.5, 0.6) is 5.75 Å². The molecule has 102 valence electrons. The van der Waals surface area contributed by atoms with Gasteiger partial charge in [-0.05, 0) is 40.2 Å². The molecule has 0 fully saturated rings. The second-order valence-electron chi connectivity index (χ2n) is 3.86. The minimum atomic E-state index is -4.48. The van der Waals surface area contributed by atoms with Gasteiger partial charge in [-0.3, -0.25) is 4.68 Å². The highest BCUT2D eigenvalue weighted by Gasteiger charge is 2.38.